The Bertz CT molecular complexity index is 943. The number of aryl methyl sites for hydroxylation is 1. The van der Waals surface area contributed by atoms with Crippen LogP contribution in [0, 0.1) is 6.92 Å². The molecule has 0 saturated carbocycles. The minimum absolute atomic E-state index is 0.0650. The van der Waals surface area contributed by atoms with E-state index in [0.29, 0.717) is 12.2 Å². The number of halogens is 3. The molecular weight excluding hydrogens is 451 g/mol. The SMILES string of the molecule is Cc1nnc(N2CC[C@@]3(C[C@H](NC(=O)c4cccnc4)CCO3)C2)s1.O=C(O)C(F)(F)F. The van der Waals surface area contributed by atoms with E-state index >= 15 is 0 Å². The summed E-state index contributed by atoms with van der Waals surface area (Å²) in [6.45, 7) is 4.36. The molecule has 2 aliphatic rings. The van der Waals surface area contributed by atoms with Gasteiger partial charge in [0.25, 0.3) is 5.91 Å². The fourth-order valence-corrected chi connectivity index (χ4v) is 4.34. The monoisotopic (exact) mass is 473 g/mol. The maximum Gasteiger partial charge on any atom is 0.490 e. The zero-order chi connectivity index (χ0) is 23.4. The molecule has 2 N–H and O–H groups in total. The number of pyridine rings is 1. The number of ether oxygens (including phenoxy) is 1. The van der Waals surface area contributed by atoms with Crippen molar-refractivity contribution in [2.45, 2.75) is 44.0 Å². The summed E-state index contributed by atoms with van der Waals surface area (Å²) in [4.78, 5) is 27.5. The molecule has 2 aromatic rings. The van der Waals surface area contributed by atoms with E-state index in [4.69, 9.17) is 14.6 Å². The molecule has 4 heterocycles. The molecule has 2 fully saturated rings. The van der Waals surface area contributed by atoms with Gasteiger partial charge in [-0.1, -0.05) is 11.3 Å². The summed E-state index contributed by atoms with van der Waals surface area (Å²) in [5, 5.41) is 20.6. The fourth-order valence-electron chi connectivity index (χ4n) is 3.62. The highest BCUT2D eigenvalue weighted by atomic mass is 32.1. The minimum atomic E-state index is -5.08. The quantitative estimate of drug-likeness (QED) is 0.698. The van der Waals surface area contributed by atoms with Crippen molar-refractivity contribution in [2.24, 2.45) is 0 Å². The predicted molar refractivity (Wildman–Crippen MR) is 109 cm³/mol. The predicted octanol–water partition coefficient (Wildman–Crippen LogP) is 2.43. The maximum atomic E-state index is 12.4. The number of alkyl halides is 3. The van der Waals surface area contributed by atoms with Crippen LogP contribution in [0.4, 0.5) is 18.3 Å². The van der Waals surface area contributed by atoms with Gasteiger partial charge in [0, 0.05) is 38.1 Å². The summed E-state index contributed by atoms with van der Waals surface area (Å²) < 4.78 is 37.9. The third kappa shape index (κ3) is 6.13. The highest BCUT2D eigenvalue weighted by Crippen LogP contribution is 2.37. The second-order valence-corrected chi connectivity index (χ2v) is 8.67. The Kier molecular flexibility index (Phi) is 7.29. The lowest BCUT2D eigenvalue weighted by Crippen LogP contribution is -2.50. The van der Waals surface area contributed by atoms with E-state index in [1.54, 1.807) is 35.9 Å². The van der Waals surface area contributed by atoms with Crippen LogP contribution in [-0.2, 0) is 9.53 Å². The van der Waals surface area contributed by atoms with Crippen molar-refractivity contribution < 1.29 is 32.6 Å². The summed E-state index contributed by atoms with van der Waals surface area (Å²) >= 11 is 1.61. The largest absolute Gasteiger partial charge is 0.490 e. The maximum absolute atomic E-state index is 12.4. The van der Waals surface area contributed by atoms with Crippen LogP contribution < -0.4 is 10.2 Å². The van der Waals surface area contributed by atoms with Gasteiger partial charge >= 0.3 is 12.1 Å². The van der Waals surface area contributed by atoms with E-state index in [1.807, 2.05) is 6.92 Å². The molecule has 9 nitrogen and oxygen atoms in total. The van der Waals surface area contributed by atoms with Crippen molar-refractivity contribution in [1.29, 1.82) is 0 Å². The van der Waals surface area contributed by atoms with Crippen molar-refractivity contribution in [3.63, 3.8) is 0 Å². The first-order chi connectivity index (χ1) is 15.1. The van der Waals surface area contributed by atoms with Crippen molar-refractivity contribution in [2.75, 3.05) is 24.6 Å². The van der Waals surface area contributed by atoms with Gasteiger partial charge in [0.05, 0.1) is 11.2 Å². The molecule has 1 spiro atoms. The first kappa shape index (κ1) is 23.9. The number of aromatic nitrogens is 3. The van der Waals surface area contributed by atoms with Gasteiger partial charge in [0.2, 0.25) is 5.13 Å². The number of carboxylic acid groups (broad SMARTS) is 1. The van der Waals surface area contributed by atoms with Gasteiger partial charge in [-0.15, -0.1) is 10.2 Å². The summed E-state index contributed by atoms with van der Waals surface area (Å²) in [6.07, 6.45) is 0.798. The highest BCUT2D eigenvalue weighted by Gasteiger charge is 2.44. The lowest BCUT2D eigenvalue weighted by atomic mass is 9.89. The molecule has 4 rings (SSSR count). The fraction of sp³-hybridized carbons (Fsp3) is 0.526. The van der Waals surface area contributed by atoms with Crippen molar-refractivity contribution in [3.8, 4) is 0 Å². The molecule has 174 valence electrons. The molecule has 0 bridgehead atoms. The van der Waals surface area contributed by atoms with Gasteiger partial charge in [0.15, 0.2) is 0 Å². The molecule has 13 heteroatoms. The van der Waals surface area contributed by atoms with Crippen molar-refractivity contribution >= 4 is 28.3 Å². The van der Waals surface area contributed by atoms with Gasteiger partial charge in [-0.05, 0) is 38.3 Å². The number of amides is 1. The molecular formula is C19H22F3N5O4S. The van der Waals surface area contributed by atoms with Crippen LogP contribution in [0.2, 0.25) is 0 Å². The Morgan fingerprint density at radius 2 is 2.12 bits per heavy atom. The number of hydrogen-bond acceptors (Lipinski definition) is 8. The van der Waals surface area contributed by atoms with Crippen molar-refractivity contribution in [1.82, 2.24) is 20.5 Å². The molecule has 0 radical (unpaired) electrons. The summed E-state index contributed by atoms with van der Waals surface area (Å²) in [6, 6.07) is 3.68. The topological polar surface area (TPSA) is 118 Å². The van der Waals surface area contributed by atoms with Crippen LogP contribution >= 0.6 is 11.3 Å². The normalized spacial score (nSPS) is 22.9. The molecule has 0 aliphatic carbocycles. The zero-order valence-electron chi connectivity index (χ0n) is 17.1. The van der Waals surface area contributed by atoms with E-state index in [1.165, 1.54) is 0 Å². The van der Waals surface area contributed by atoms with E-state index in [-0.39, 0.29) is 17.6 Å². The lowest BCUT2D eigenvalue weighted by Gasteiger charge is -2.38. The van der Waals surface area contributed by atoms with Crippen LogP contribution in [0.15, 0.2) is 24.5 Å². The van der Waals surface area contributed by atoms with Crippen molar-refractivity contribution in [3.05, 3.63) is 35.1 Å². The number of hydrogen-bond donors (Lipinski definition) is 2. The molecule has 2 aliphatic heterocycles. The van der Waals surface area contributed by atoms with Gasteiger partial charge in [0.1, 0.15) is 5.01 Å². The lowest BCUT2D eigenvalue weighted by molar-refractivity contribution is -0.192. The van der Waals surface area contributed by atoms with Crippen LogP contribution in [-0.4, -0.2) is 69.7 Å². The van der Waals surface area contributed by atoms with Gasteiger partial charge in [-0.25, -0.2) is 4.79 Å². The number of carbonyl (C=O) groups is 2. The third-order valence-electron chi connectivity index (χ3n) is 5.10. The molecule has 2 aromatic heterocycles. The van der Waals surface area contributed by atoms with E-state index in [9.17, 15) is 18.0 Å². The molecule has 1 amide bonds. The molecule has 0 unspecified atom stereocenters. The number of nitrogens with one attached hydrogen (secondary N) is 1. The molecule has 2 saturated heterocycles. The van der Waals surface area contributed by atoms with Gasteiger partial charge < -0.3 is 20.1 Å². The van der Waals surface area contributed by atoms with E-state index < -0.39 is 12.1 Å². The Balaban J connectivity index is 0.000000360. The number of aliphatic carboxylic acids is 1. The summed E-state index contributed by atoms with van der Waals surface area (Å²) in [7, 11) is 0. The first-order valence-electron chi connectivity index (χ1n) is 9.78. The smallest absolute Gasteiger partial charge is 0.475 e. The van der Waals surface area contributed by atoms with Gasteiger partial charge in [-0.2, -0.15) is 13.2 Å². The molecule has 0 aromatic carbocycles. The van der Waals surface area contributed by atoms with E-state index in [2.05, 4.69) is 25.4 Å². The Labute approximate surface area is 185 Å². The van der Waals surface area contributed by atoms with Crippen LogP contribution in [0.25, 0.3) is 0 Å². The average Bonchev–Trinajstić information content (AvgIpc) is 3.35. The highest BCUT2D eigenvalue weighted by molar-refractivity contribution is 7.15. The number of carbonyl (C=O) groups excluding carboxylic acids is 1. The summed E-state index contributed by atoms with van der Waals surface area (Å²) in [5.41, 5.74) is 0.394. The average molecular weight is 473 g/mol. The van der Waals surface area contributed by atoms with E-state index in [0.717, 1.165) is 42.5 Å². The number of anilines is 1. The Hall–Kier alpha value is -2.80. The number of nitrogens with zero attached hydrogens (tertiary/aromatic N) is 4. The standard InChI is InChI=1S/C17H21N5O2S.C2HF3O2/c1-12-20-21-16(25-12)22-7-5-17(11-22)9-14(4-8-24-17)19-15(23)13-3-2-6-18-10-13;3-2(4,5)1(6)7/h2-3,6,10,14H,4-5,7-9,11H2,1H3,(H,19,23);(H,6,7)/t14-,17-;/m1./s1. The number of rotatable bonds is 3. The van der Waals surface area contributed by atoms with Crippen LogP contribution in [0.5, 0.6) is 0 Å². The van der Waals surface area contributed by atoms with Crippen LogP contribution in [0.1, 0.15) is 34.6 Å². The second-order valence-electron chi connectivity index (χ2n) is 7.51. The molecule has 2 atom stereocenters. The number of carboxylic acids is 1. The zero-order valence-corrected chi connectivity index (χ0v) is 17.9. The third-order valence-corrected chi connectivity index (χ3v) is 6.00. The van der Waals surface area contributed by atoms with Gasteiger partial charge in [-0.3, -0.25) is 9.78 Å². The minimum Gasteiger partial charge on any atom is -0.475 e. The first-order valence-corrected chi connectivity index (χ1v) is 10.6. The Morgan fingerprint density at radius 1 is 1.38 bits per heavy atom. The summed E-state index contributed by atoms with van der Waals surface area (Å²) in [5.74, 6) is -2.82. The Morgan fingerprint density at radius 3 is 2.72 bits per heavy atom. The molecule has 32 heavy (non-hydrogen) atoms. The second kappa shape index (κ2) is 9.77. The van der Waals surface area contributed by atoms with Crippen LogP contribution in [0.3, 0.4) is 0 Å².